The van der Waals surface area contributed by atoms with Crippen molar-refractivity contribution in [3.63, 3.8) is 0 Å². The number of ether oxygens (including phenoxy) is 3. The van der Waals surface area contributed by atoms with Crippen LogP contribution >= 0.6 is 11.3 Å². The van der Waals surface area contributed by atoms with Crippen molar-refractivity contribution in [1.82, 2.24) is 0 Å². The molecule has 0 aliphatic rings. The minimum Gasteiger partial charge on any atom is -0.489 e. The molecule has 0 unspecified atom stereocenters. The number of halogens is 3. The van der Waals surface area contributed by atoms with Crippen LogP contribution in [0.15, 0.2) is 53.2 Å². The fourth-order valence-corrected chi connectivity index (χ4v) is 3.13. The predicted molar refractivity (Wildman–Crippen MR) is 103 cm³/mol. The zero-order chi connectivity index (χ0) is 21.7. The van der Waals surface area contributed by atoms with E-state index in [9.17, 15) is 23.2 Å². The van der Waals surface area contributed by atoms with Crippen molar-refractivity contribution in [3.8, 4) is 29.1 Å². The van der Waals surface area contributed by atoms with Crippen molar-refractivity contribution in [2.24, 2.45) is 0 Å². The average Bonchev–Trinajstić information content (AvgIpc) is 3.20. The lowest BCUT2D eigenvalue weighted by molar-refractivity contribution is -0.141. The van der Waals surface area contributed by atoms with E-state index >= 15 is 0 Å². The molecule has 0 spiro atoms. The molecule has 9 heteroatoms. The monoisotopic (exact) mass is 433 g/mol. The molecule has 0 aliphatic heterocycles. The van der Waals surface area contributed by atoms with Crippen LogP contribution in [-0.4, -0.2) is 5.97 Å². The molecular weight excluding hydrogens is 419 g/mol. The van der Waals surface area contributed by atoms with Crippen molar-refractivity contribution < 1.29 is 32.2 Å². The molecule has 0 N–H and O–H groups in total. The van der Waals surface area contributed by atoms with E-state index in [1.165, 1.54) is 29.5 Å². The molecule has 0 bridgehead atoms. The number of hydrogen-bond donors (Lipinski definition) is 0. The first kappa shape index (κ1) is 21.2. The van der Waals surface area contributed by atoms with Gasteiger partial charge in [-0.15, -0.1) is 0 Å². The number of nitriles is 1. The second kappa shape index (κ2) is 8.88. The Kier molecular flexibility index (Phi) is 6.28. The molecule has 30 heavy (non-hydrogen) atoms. The van der Waals surface area contributed by atoms with Gasteiger partial charge in [-0.3, -0.25) is 4.79 Å². The highest BCUT2D eigenvalue weighted by Gasteiger charge is 2.35. The highest BCUT2D eigenvalue weighted by atomic mass is 32.1. The van der Waals surface area contributed by atoms with E-state index in [1.54, 1.807) is 6.07 Å². The lowest BCUT2D eigenvalue weighted by Crippen LogP contribution is -2.11. The van der Waals surface area contributed by atoms with Crippen LogP contribution in [0.4, 0.5) is 13.2 Å². The molecule has 0 radical (unpaired) electrons. The van der Waals surface area contributed by atoms with Gasteiger partial charge < -0.3 is 14.2 Å². The fraction of sp³-hybridized carbons (Fsp3) is 0.143. The van der Waals surface area contributed by atoms with E-state index in [0.717, 1.165) is 18.6 Å². The minimum atomic E-state index is -4.77. The Hall–Kier alpha value is -3.51. The van der Waals surface area contributed by atoms with Gasteiger partial charge in [0.1, 0.15) is 41.2 Å². The van der Waals surface area contributed by atoms with Gasteiger partial charge in [0, 0.05) is 13.0 Å². The minimum absolute atomic E-state index is 0.0358. The summed E-state index contributed by atoms with van der Waals surface area (Å²) in [5.74, 6) is -1.26. The Bertz CT molecular complexity index is 1090. The van der Waals surface area contributed by atoms with Gasteiger partial charge in [-0.05, 0) is 52.7 Å². The number of nitrogens with zero attached hydrogens (tertiary/aromatic N) is 1. The van der Waals surface area contributed by atoms with Crippen LogP contribution in [0, 0.1) is 11.3 Å². The molecular formula is C21H14F3NO4S. The van der Waals surface area contributed by atoms with E-state index in [1.807, 2.05) is 22.9 Å². The molecule has 2 aromatic carbocycles. The van der Waals surface area contributed by atoms with Crippen molar-refractivity contribution in [1.29, 1.82) is 5.26 Å². The zero-order valence-electron chi connectivity index (χ0n) is 15.5. The van der Waals surface area contributed by atoms with Gasteiger partial charge in [0.15, 0.2) is 0 Å². The molecule has 0 saturated carbocycles. The van der Waals surface area contributed by atoms with Crippen molar-refractivity contribution in [2.45, 2.75) is 19.7 Å². The van der Waals surface area contributed by atoms with E-state index in [2.05, 4.69) is 4.74 Å². The number of carbonyl (C=O) groups is 1. The number of esters is 1. The second-order valence-electron chi connectivity index (χ2n) is 6.04. The summed E-state index contributed by atoms with van der Waals surface area (Å²) in [5, 5.41) is 13.1. The number of carbonyl (C=O) groups excluding carboxylic acids is 1. The maximum Gasteiger partial charge on any atom is 0.420 e. The number of hydrogen-bond acceptors (Lipinski definition) is 6. The smallest absolute Gasteiger partial charge is 0.420 e. The first-order chi connectivity index (χ1) is 14.3. The van der Waals surface area contributed by atoms with Gasteiger partial charge in [-0.2, -0.15) is 29.8 Å². The SMILES string of the molecule is CC(=O)Oc1ccc(Oc2cc(OCc3ccsc3)ccc2C#N)cc1C(F)(F)F. The van der Waals surface area contributed by atoms with Crippen molar-refractivity contribution in [2.75, 3.05) is 0 Å². The van der Waals surface area contributed by atoms with Gasteiger partial charge in [-0.25, -0.2) is 0 Å². The van der Waals surface area contributed by atoms with Crippen LogP contribution in [0.1, 0.15) is 23.6 Å². The largest absolute Gasteiger partial charge is 0.489 e. The third kappa shape index (κ3) is 5.30. The summed E-state index contributed by atoms with van der Waals surface area (Å²) in [4.78, 5) is 11.1. The summed E-state index contributed by atoms with van der Waals surface area (Å²) < 4.78 is 55.8. The summed E-state index contributed by atoms with van der Waals surface area (Å²) in [6, 6.07) is 11.2. The van der Waals surface area contributed by atoms with Gasteiger partial charge in [0.05, 0.1) is 5.56 Å². The Morgan fingerprint density at radius 2 is 1.87 bits per heavy atom. The second-order valence-corrected chi connectivity index (χ2v) is 6.82. The molecule has 5 nitrogen and oxygen atoms in total. The molecule has 3 rings (SSSR count). The molecule has 0 amide bonds. The zero-order valence-corrected chi connectivity index (χ0v) is 16.3. The summed E-state index contributed by atoms with van der Waals surface area (Å²) in [5.41, 5.74) is -0.0863. The van der Waals surface area contributed by atoms with E-state index in [0.29, 0.717) is 18.4 Å². The van der Waals surface area contributed by atoms with Crippen LogP contribution in [0.3, 0.4) is 0 Å². The fourth-order valence-electron chi connectivity index (χ4n) is 2.48. The van der Waals surface area contributed by atoms with Crippen LogP contribution in [-0.2, 0) is 17.6 Å². The van der Waals surface area contributed by atoms with E-state index in [4.69, 9.17) is 9.47 Å². The lowest BCUT2D eigenvalue weighted by Gasteiger charge is -2.15. The summed E-state index contributed by atoms with van der Waals surface area (Å²) in [6.07, 6.45) is -4.77. The van der Waals surface area contributed by atoms with Gasteiger partial charge >= 0.3 is 12.1 Å². The third-order valence-corrected chi connectivity index (χ3v) is 4.53. The summed E-state index contributed by atoms with van der Waals surface area (Å²) in [6.45, 7) is 1.30. The average molecular weight is 433 g/mol. The van der Waals surface area contributed by atoms with Gasteiger partial charge in [0.2, 0.25) is 0 Å². The highest BCUT2D eigenvalue weighted by Crippen LogP contribution is 2.40. The molecule has 1 aromatic heterocycles. The first-order valence-corrected chi connectivity index (χ1v) is 9.46. The van der Waals surface area contributed by atoms with Gasteiger partial charge in [-0.1, -0.05) is 0 Å². The highest BCUT2D eigenvalue weighted by molar-refractivity contribution is 7.07. The van der Waals surface area contributed by atoms with Crippen molar-refractivity contribution in [3.05, 3.63) is 69.9 Å². The molecule has 0 fully saturated rings. The molecule has 1 heterocycles. The summed E-state index contributed by atoms with van der Waals surface area (Å²) in [7, 11) is 0. The molecule has 0 atom stereocenters. The number of rotatable bonds is 6. The quantitative estimate of drug-likeness (QED) is 0.356. The first-order valence-electron chi connectivity index (χ1n) is 8.52. The van der Waals surface area contributed by atoms with Crippen LogP contribution in [0.2, 0.25) is 0 Å². The molecule has 3 aromatic rings. The standard InChI is InChI=1S/C21H14F3NO4S/c1-13(26)28-19-5-4-17(8-18(19)21(22,23)24)29-20-9-16(3-2-15(20)10-25)27-11-14-6-7-30-12-14/h2-9,12H,11H2,1H3. The Morgan fingerprint density at radius 3 is 2.50 bits per heavy atom. The van der Waals surface area contributed by atoms with Crippen LogP contribution < -0.4 is 14.2 Å². The maximum absolute atomic E-state index is 13.3. The molecule has 154 valence electrons. The normalized spacial score (nSPS) is 10.9. The Balaban J connectivity index is 1.88. The number of thiophene rings is 1. The van der Waals surface area contributed by atoms with Crippen LogP contribution in [0.25, 0.3) is 0 Å². The Labute approximate surface area is 173 Å². The summed E-state index contributed by atoms with van der Waals surface area (Å²) >= 11 is 1.52. The van der Waals surface area contributed by atoms with Crippen LogP contribution in [0.5, 0.6) is 23.0 Å². The number of alkyl halides is 3. The topological polar surface area (TPSA) is 68.6 Å². The van der Waals surface area contributed by atoms with Gasteiger partial charge in [0.25, 0.3) is 0 Å². The van der Waals surface area contributed by atoms with Crippen molar-refractivity contribution >= 4 is 17.3 Å². The lowest BCUT2D eigenvalue weighted by atomic mass is 10.1. The maximum atomic E-state index is 13.3. The van der Waals surface area contributed by atoms with E-state index < -0.39 is 23.5 Å². The number of benzene rings is 2. The predicted octanol–water partition coefficient (Wildman–Crippen LogP) is 5.94. The van der Waals surface area contributed by atoms with E-state index in [-0.39, 0.29) is 17.1 Å². The molecule has 0 saturated heterocycles. The Morgan fingerprint density at radius 1 is 1.10 bits per heavy atom. The third-order valence-electron chi connectivity index (χ3n) is 3.80. The molecule has 0 aliphatic carbocycles.